The van der Waals surface area contributed by atoms with E-state index in [1.165, 1.54) is 5.56 Å². The summed E-state index contributed by atoms with van der Waals surface area (Å²) in [7, 11) is 0. The number of pyridine rings is 1. The van der Waals surface area contributed by atoms with Crippen LogP contribution in [0.3, 0.4) is 0 Å². The van der Waals surface area contributed by atoms with Crippen LogP contribution in [0.2, 0.25) is 0 Å². The molecule has 0 saturated carbocycles. The second kappa shape index (κ2) is 7.97. The summed E-state index contributed by atoms with van der Waals surface area (Å²) in [5.41, 5.74) is 2.34. The Morgan fingerprint density at radius 2 is 1.67 bits per heavy atom. The molecule has 0 aliphatic carbocycles. The summed E-state index contributed by atoms with van der Waals surface area (Å²) in [5, 5.41) is 1.11. The number of piperidine rings is 1. The third-order valence-electron chi connectivity index (χ3n) is 5.40. The SMILES string of the molecule is Cc1ccc(OC2CCN(CCn3c(=O)ccc4ccccc43)CC2)cc1. The van der Waals surface area contributed by atoms with Gasteiger partial charge in [-0.2, -0.15) is 0 Å². The smallest absolute Gasteiger partial charge is 0.251 e. The topological polar surface area (TPSA) is 34.5 Å². The molecule has 1 aliphatic heterocycles. The summed E-state index contributed by atoms with van der Waals surface area (Å²) < 4.78 is 8.01. The van der Waals surface area contributed by atoms with E-state index in [0.717, 1.165) is 55.7 Å². The van der Waals surface area contributed by atoms with Crippen molar-refractivity contribution < 1.29 is 4.74 Å². The van der Waals surface area contributed by atoms with E-state index in [4.69, 9.17) is 4.74 Å². The number of ether oxygens (including phenoxy) is 1. The summed E-state index contributed by atoms with van der Waals surface area (Å²) in [4.78, 5) is 14.7. The van der Waals surface area contributed by atoms with Gasteiger partial charge in [0.25, 0.3) is 5.56 Å². The fraction of sp³-hybridized carbons (Fsp3) is 0.348. The quantitative estimate of drug-likeness (QED) is 0.691. The number of aryl methyl sites for hydroxylation is 1. The fourth-order valence-electron chi connectivity index (χ4n) is 3.78. The molecule has 0 amide bonds. The molecule has 0 bridgehead atoms. The first-order valence-corrected chi connectivity index (χ1v) is 9.73. The third-order valence-corrected chi connectivity index (χ3v) is 5.40. The molecule has 0 radical (unpaired) electrons. The van der Waals surface area contributed by atoms with E-state index >= 15 is 0 Å². The molecule has 1 aliphatic rings. The standard InChI is InChI=1S/C23H26N2O2/c1-18-6-9-20(10-7-18)27-21-12-14-24(15-13-21)16-17-25-22-5-3-2-4-19(22)8-11-23(25)26/h2-11,21H,12-17H2,1H3. The molecule has 4 rings (SSSR count). The van der Waals surface area contributed by atoms with E-state index in [1.54, 1.807) is 6.07 Å². The normalized spacial score (nSPS) is 15.9. The van der Waals surface area contributed by atoms with Crippen molar-refractivity contribution >= 4 is 10.9 Å². The van der Waals surface area contributed by atoms with Crippen LogP contribution >= 0.6 is 0 Å². The maximum absolute atomic E-state index is 12.3. The first-order chi connectivity index (χ1) is 13.2. The molecule has 0 unspecified atom stereocenters. The number of fused-ring (bicyclic) bond motifs is 1. The zero-order chi connectivity index (χ0) is 18.6. The molecule has 140 valence electrons. The summed E-state index contributed by atoms with van der Waals surface area (Å²) in [6.07, 6.45) is 2.33. The molecule has 0 atom stereocenters. The Bertz CT molecular complexity index is 954. The lowest BCUT2D eigenvalue weighted by Crippen LogP contribution is -2.40. The predicted molar refractivity (Wildman–Crippen MR) is 109 cm³/mol. The van der Waals surface area contributed by atoms with Crippen LogP contribution in [0.15, 0.2) is 65.5 Å². The Labute approximate surface area is 160 Å². The van der Waals surface area contributed by atoms with Crippen molar-refractivity contribution in [1.82, 2.24) is 9.47 Å². The molecular weight excluding hydrogens is 336 g/mol. The summed E-state index contributed by atoms with van der Waals surface area (Å²) in [6.45, 7) is 5.73. The van der Waals surface area contributed by atoms with Crippen LogP contribution < -0.4 is 10.3 Å². The van der Waals surface area contributed by atoms with Gasteiger partial charge in [-0.25, -0.2) is 0 Å². The number of hydrogen-bond acceptors (Lipinski definition) is 3. The molecule has 0 N–H and O–H groups in total. The third kappa shape index (κ3) is 4.22. The minimum atomic E-state index is 0.0753. The van der Waals surface area contributed by atoms with E-state index in [1.807, 2.05) is 28.8 Å². The van der Waals surface area contributed by atoms with E-state index in [-0.39, 0.29) is 11.7 Å². The molecule has 1 saturated heterocycles. The summed E-state index contributed by atoms with van der Waals surface area (Å²) >= 11 is 0. The second-order valence-corrected chi connectivity index (χ2v) is 7.35. The number of aromatic nitrogens is 1. The number of rotatable bonds is 5. The van der Waals surface area contributed by atoms with Crippen LogP contribution in [0.25, 0.3) is 10.9 Å². The Morgan fingerprint density at radius 3 is 2.44 bits per heavy atom. The molecule has 4 nitrogen and oxygen atoms in total. The van der Waals surface area contributed by atoms with Gasteiger partial charge in [0.2, 0.25) is 0 Å². The van der Waals surface area contributed by atoms with Crippen molar-refractivity contribution in [3.05, 3.63) is 76.6 Å². The van der Waals surface area contributed by atoms with Crippen LogP contribution in [0, 0.1) is 6.92 Å². The van der Waals surface area contributed by atoms with Crippen molar-refractivity contribution in [2.24, 2.45) is 0 Å². The highest BCUT2D eigenvalue weighted by molar-refractivity contribution is 5.78. The summed E-state index contributed by atoms with van der Waals surface area (Å²) in [6, 6.07) is 19.9. The Hall–Kier alpha value is -2.59. The molecule has 1 aromatic heterocycles. The highest BCUT2D eigenvalue weighted by Gasteiger charge is 2.20. The molecule has 1 fully saturated rings. The van der Waals surface area contributed by atoms with Gasteiger partial charge >= 0.3 is 0 Å². The van der Waals surface area contributed by atoms with Gasteiger partial charge in [0.15, 0.2) is 0 Å². The molecule has 27 heavy (non-hydrogen) atoms. The Balaban J connectivity index is 1.33. The van der Waals surface area contributed by atoms with E-state index in [2.05, 4.69) is 42.2 Å². The minimum Gasteiger partial charge on any atom is -0.490 e. The zero-order valence-corrected chi connectivity index (χ0v) is 15.8. The van der Waals surface area contributed by atoms with Crippen LogP contribution in [-0.2, 0) is 6.54 Å². The Morgan fingerprint density at radius 1 is 0.926 bits per heavy atom. The molecule has 4 heteroatoms. The maximum Gasteiger partial charge on any atom is 0.251 e. The molecule has 3 aromatic rings. The minimum absolute atomic E-state index is 0.0753. The van der Waals surface area contributed by atoms with E-state index in [0.29, 0.717) is 0 Å². The van der Waals surface area contributed by atoms with Crippen molar-refractivity contribution in [3.8, 4) is 5.75 Å². The van der Waals surface area contributed by atoms with Crippen molar-refractivity contribution in [3.63, 3.8) is 0 Å². The first kappa shape index (κ1) is 17.8. The molecule has 0 spiro atoms. The highest BCUT2D eigenvalue weighted by Crippen LogP contribution is 2.19. The number of benzene rings is 2. The Kier molecular flexibility index (Phi) is 5.26. The summed E-state index contributed by atoms with van der Waals surface area (Å²) in [5.74, 6) is 0.960. The average Bonchev–Trinajstić information content (AvgIpc) is 2.70. The van der Waals surface area contributed by atoms with Gasteiger partial charge in [0, 0.05) is 32.2 Å². The van der Waals surface area contributed by atoms with Gasteiger partial charge in [-0.3, -0.25) is 4.79 Å². The average molecular weight is 362 g/mol. The molecule has 2 heterocycles. The number of hydrogen-bond donors (Lipinski definition) is 0. The lowest BCUT2D eigenvalue weighted by Gasteiger charge is -2.32. The van der Waals surface area contributed by atoms with Gasteiger partial charge in [0.1, 0.15) is 11.9 Å². The largest absolute Gasteiger partial charge is 0.490 e. The van der Waals surface area contributed by atoms with Crippen molar-refractivity contribution in [1.29, 1.82) is 0 Å². The number of likely N-dealkylation sites (tertiary alicyclic amines) is 1. The fourth-order valence-corrected chi connectivity index (χ4v) is 3.78. The second-order valence-electron chi connectivity index (χ2n) is 7.35. The van der Waals surface area contributed by atoms with Gasteiger partial charge in [-0.15, -0.1) is 0 Å². The predicted octanol–water partition coefficient (Wildman–Crippen LogP) is 3.85. The van der Waals surface area contributed by atoms with Crippen LogP contribution in [0.4, 0.5) is 0 Å². The van der Waals surface area contributed by atoms with Crippen molar-refractivity contribution in [2.75, 3.05) is 19.6 Å². The molecular formula is C23H26N2O2. The number of nitrogens with zero attached hydrogens (tertiary/aromatic N) is 2. The molecule has 2 aromatic carbocycles. The number of para-hydroxylation sites is 1. The van der Waals surface area contributed by atoms with Gasteiger partial charge in [-0.1, -0.05) is 35.9 Å². The van der Waals surface area contributed by atoms with E-state index in [9.17, 15) is 4.79 Å². The van der Waals surface area contributed by atoms with Gasteiger partial charge in [0.05, 0.1) is 5.52 Å². The maximum atomic E-state index is 12.3. The van der Waals surface area contributed by atoms with Crippen LogP contribution in [0.1, 0.15) is 18.4 Å². The first-order valence-electron chi connectivity index (χ1n) is 9.73. The van der Waals surface area contributed by atoms with Gasteiger partial charge < -0.3 is 14.2 Å². The van der Waals surface area contributed by atoms with Crippen molar-refractivity contribution in [2.45, 2.75) is 32.4 Å². The van der Waals surface area contributed by atoms with E-state index < -0.39 is 0 Å². The zero-order valence-electron chi connectivity index (χ0n) is 15.8. The van der Waals surface area contributed by atoms with Crippen LogP contribution in [0.5, 0.6) is 5.75 Å². The highest BCUT2D eigenvalue weighted by atomic mass is 16.5. The van der Waals surface area contributed by atoms with Crippen LogP contribution in [-0.4, -0.2) is 35.2 Å². The van der Waals surface area contributed by atoms with Gasteiger partial charge in [-0.05, 0) is 49.4 Å². The monoisotopic (exact) mass is 362 g/mol. The lowest BCUT2D eigenvalue weighted by atomic mass is 10.1. The lowest BCUT2D eigenvalue weighted by molar-refractivity contribution is 0.0986.